The SMILES string of the molecule is O=C(NCCc1ccc([N+](=O)[O-])cc1)Nc1ccc(F)cn1. The molecule has 2 aromatic rings. The number of aromatic nitrogens is 1. The normalized spacial score (nSPS) is 10.0. The first-order valence-electron chi connectivity index (χ1n) is 6.44. The summed E-state index contributed by atoms with van der Waals surface area (Å²) in [4.78, 5) is 25.3. The monoisotopic (exact) mass is 304 g/mol. The number of anilines is 1. The Balaban J connectivity index is 1.77. The van der Waals surface area contributed by atoms with Crippen molar-refractivity contribution in [2.45, 2.75) is 6.42 Å². The summed E-state index contributed by atoms with van der Waals surface area (Å²) in [6, 6.07) is 8.19. The topological polar surface area (TPSA) is 97.2 Å². The van der Waals surface area contributed by atoms with Gasteiger partial charge >= 0.3 is 6.03 Å². The molecule has 0 fully saturated rings. The summed E-state index contributed by atoms with van der Waals surface area (Å²) < 4.78 is 12.7. The highest BCUT2D eigenvalue weighted by atomic mass is 19.1. The predicted octanol–water partition coefficient (Wildman–Crippen LogP) is 2.49. The maximum absolute atomic E-state index is 12.7. The third-order valence-corrected chi connectivity index (χ3v) is 2.82. The molecule has 7 nitrogen and oxygen atoms in total. The van der Waals surface area contributed by atoms with Gasteiger partial charge in [-0.15, -0.1) is 0 Å². The Morgan fingerprint density at radius 3 is 2.55 bits per heavy atom. The van der Waals surface area contributed by atoms with Gasteiger partial charge in [0.05, 0.1) is 11.1 Å². The zero-order chi connectivity index (χ0) is 15.9. The van der Waals surface area contributed by atoms with Gasteiger partial charge < -0.3 is 5.32 Å². The van der Waals surface area contributed by atoms with Gasteiger partial charge in [0.2, 0.25) is 0 Å². The Hall–Kier alpha value is -3.03. The van der Waals surface area contributed by atoms with Crippen molar-refractivity contribution in [1.29, 1.82) is 0 Å². The van der Waals surface area contributed by atoms with Crippen molar-refractivity contribution in [1.82, 2.24) is 10.3 Å². The third kappa shape index (κ3) is 4.51. The average Bonchev–Trinajstić information content (AvgIpc) is 2.50. The Kier molecular flexibility index (Phi) is 4.97. The lowest BCUT2D eigenvalue weighted by Crippen LogP contribution is -2.30. The van der Waals surface area contributed by atoms with Gasteiger partial charge in [0.15, 0.2) is 0 Å². The van der Waals surface area contributed by atoms with Crippen molar-refractivity contribution < 1.29 is 14.1 Å². The molecular formula is C14H13FN4O3. The second kappa shape index (κ2) is 7.11. The Bertz CT molecular complexity index is 659. The lowest BCUT2D eigenvalue weighted by molar-refractivity contribution is -0.384. The fraction of sp³-hybridized carbons (Fsp3) is 0.143. The summed E-state index contributed by atoms with van der Waals surface area (Å²) in [5.74, 6) is -0.238. The molecule has 0 bridgehead atoms. The van der Waals surface area contributed by atoms with Gasteiger partial charge in [-0.1, -0.05) is 12.1 Å². The molecule has 0 saturated heterocycles. The molecule has 0 aliphatic heterocycles. The Morgan fingerprint density at radius 2 is 1.95 bits per heavy atom. The number of hydrogen-bond acceptors (Lipinski definition) is 4. The number of amides is 2. The molecule has 2 rings (SSSR count). The minimum Gasteiger partial charge on any atom is -0.337 e. The number of nitro groups is 1. The lowest BCUT2D eigenvalue weighted by Gasteiger charge is -2.07. The minimum absolute atomic E-state index is 0.0248. The van der Waals surface area contributed by atoms with Crippen LogP contribution >= 0.6 is 0 Å². The van der Waals surface area contributed by atoms with Crippen LogP contribution < -0.4 is 10.6 Å². The van der Waals surface area contributed by atoms with Gasteiger partial charge in [0, 0.05) is 18.7 Å². The highest BCUT2D eigenvalue weighted by Gasteiger charge is 2.05. The van der Waals surface area contributed by atoms with E-state index in [-0.39, 0.29) is 11.5 Å². The zero-order valence-electron chi connectivity index (χ0n) is 11.5. The van der Waals surface area contributed by atoms with Crippen LogP contribution in [-0.4, -0.2) is 22.5 Å². The standard InChI is InChI=1S/C14H13FN4O3/c15-11-3-6-13(17-9-11)18-14(20)16-8-7-10-1-4-12(5-2-10)19(21)22/h1-6,9H,7-8H2,(H2,16,17,18,20). The molecule has 0 unspecified atom stereocenters. The van der Waals surface area contributed by atoms with E-state index in [2.05, 4.69) is 15.6 Å². The van der Waals surface area contributed by atoms with Crippen LogP contribution in [0.15, 0.2) is 42.6 Å². The van der Waals surface area contributed by atoms with E-state index in [0.717, 1.165) is 11.8 Å². The van der Waals surface area contributed by atoms with E-state index in [0.29, 0.717) is 13.0 Å². The molecule has 0 radical (unpaired) electrons. The fourth-order valence-corrected chi connectivity index (χ4v) is 1.71. The number of nitrogens with zero attached hydrogens (tertiary/aromatic N) is 2. The van der Waals surface area contributed by atoms with E-state index in [1.807, 2.05) is 0 Å². The van der Waals surface area contributed by atoms with Gasteiger partial charge in [-0.05, 0) is 24.1 Å². The molecule has 0 aliphatic carbocycles. The van der Waals surface area contributed by atoms with Crippen LogP contribution in [0.4, 0.5) is 20.7 Å². The van der Waals surface area contributed by atoms with Crippen LogP contribution in [0.2, 0.25) is 0 Å². The molecule has 0 saturated carbocycles. The molecule has 22 heavy (non-hydrogen) atoms. The van der Waals surface area contributed by atoms with Crippen molar-refractivity contribution in [2.75, 3.05) is 11.9 Å². The molecular weight excluding hydrogens is 291 g/mol. The molecule has 1 aromatic carbocycles. The van der Waals surface area contributed by atoms with Crippen LogP contribution in [0.1, 0.15) is 5.56 Å². The molecule has 0 aliphatic rings. The molecule has 2 amide bonds. The van der Waals surface area contributed by atoms with Crippen molar-refractivity contribution in [2.24, 2.45) is 0 Å². The van der Waals surface area contributed by atoms with Crippen molar-refractivity contribution >= 4 is 17.5 Å². The molecule has 1 heterocycles. The van der Waals surface area contributed by atoms with Crippen LogP contribution in [0.5, 0.6) is 0 Å². The number of rotatable bonds is 5. The summed E-state index contributed by atoms with van der Waals surface area (Å²) >= 11 is 0. The van der Waals surface area contributed by atoms with Crippen LogP contribution in [0.3, 0.4) is 0 Å². The van der Waals surface area contributed by atoms with Gasteiger partial charge in [-0.2, -0.15) is 0 Å². The number of carbonyl (C=O) groups excluding carboxylic acids is 1. The Morgan fingerprint density at radius 1 is 1.23 bits per heavy atom. The summed E-state index contributed by atoms with van der Waals surface area (Å²) in [6.45, 7) is 0.352. The number of urea groups is 1. The Labute approximate surface area is 125 Å². The molecule has 8 heteroatoms. The summed E-state index contributed by atoms with van der Waals surface area (Å²) in [7, 11) is 0. The van der Waals surface area contributed by atoms with Crippen LogP contribution in [0, 0.1) is 15.9 Å². The number of hydrogen-bond donors (Lipinski definition) is 2. The van der Waals surface area contributed by atoms with Crippen LogP contribution in [0.25, 0.3) is 0 Å². The van der Waals surface area contributed by atoms with E-state index < -0.39 is 16.8 Å². The number of halogens is 1. The third-order valence-electron chi connectivity index (χ3n) is 2.82. The van der Waals surface area contributed by atoms with Gasteiger partial charge in [-0.3, -0.25) is 15.4 Å². The predicted molar refractivity (Wildman–Crippen MR) is 78.0 cm³/mol. The number of carbonyl (C=O) groups is 1. The van der Waals surface area contributed by atoms with Crippen molar-refractivity contribution in [3.05, 3.63) is 64.1 Å². The molecule has 1 aromatic heterocycles. The largest absolute Gasteiger partial charge is 0.337 e. The van der Waals surface area contributed by atoms with E-state index >= 15 is 0 Å². The summed E-state index contributed by atoms with van der Waals surface area (Å²) in [5, 5.41) is 15.6. The number of benzene rings is 1. The van der Waals surface area contributed by atoms with E-state index in [4.69, 9.17) is 0 Å². The van der Waals surface area contributed by atoms with E-state index in [9.17, 15) is 19.3 Å². The quantitative estimate of drug-likeness (QED) is 0.655. The van der Waals surface area contributed by atoms with Crippen LogP contribution in [-0.2, 0) is 6.42 Å². The van der Waals surface area contributed by atoms with Gasteiger partial charge in [0.25, 0.3) is 5.69 Å². The fourth-order valence-electron chi connectivity index (χ4n) is 1.71. The van der Waals surface area contributed by atoms with Crippen molar-refractivity contribution in [3.63, 3.8) is 0 Å². The second-order valence-corrected chi connectivity index (χ2v) is 4.42. The zero-order valence-corrected chi connectivity index (χ0v) is 11.5. The molecule has 0 atom stereocenters. The highest BCUT2D eigenvalue weighted by Crippen LogP contribution is 2.12. The first-order chi connectivity index (χ1) is 10.5. The highest BCUT2D eigenvalue weighted by molar-refractivity contribution is 5.88. The number of non-ortho nitro benzene ring substituents is 1. The maximum atomic E-state index is 12.7. The minimum atomic E-state index is -0.482. The number of nitrogens with one attached hydrogen (secondary N) is 2. The van der Waals surface area contributed by atoms with E-state index in [1.165, 1.54) is 24.3 Å². The molecule has 114 valence electrons. The molecule has 0 spiro atoms. The lowest BCUT2D eigenvalue weighted by atomic mass is 10.1. The van der Waals surface area contributed by atoms with Crippen molar-refractivity contribution in [3.8, 4) is 0 Å². The molecule has 2 N–H and O–H groups in total. The summed E-state index contributed by atoms with van der Waals surface area (Å²) in [6.07, 6.45) is 1.54. The maximum Gasteiger partial charge on any atom is 0.320 e. The van der Waals surface area contributed by atoms with E-state index in [1.54, 1.807) is 12.1 Å². The summed E-state index contributed by atoms with van der Waals surface area (Å²) in [5.41, 5.74) is 0.891. The smallest absolute Gasteiger partial charge is 0.320 e. The first kappa shape index (κ1) is 15.4. The second-order valence-electron chi connectivity index (χ2n) is 4.42. The van der Waals surface area contributed by atoms with Gasteiger partial charge in [0.1, 0.15) is 11.6 Å². The first-order valence-corrected chi connectivity index (χ1v) is 6.44. The number of pyridine rings is 1. The number of nitro benzene ring substituents is 1. The average molecular weight is 304 g/mol. The van der Waals surface area contributed by atoms with Gasteiger partial charge in [-0.25, -0.2) is 14.2 Å².